The van der Waals surface area contributed by atoms with Crippen LogP contribution in [0.15, 0.2) is 39.3 Å². The number of rotatable bonds is 3. The van der Waals surface area contributed by atoms with E-state index in [2.05, 4.69) is 31.9 Å². The molecule has 5 nitrogen and oxygen atoms in total. The van der Waals surface area contributed by atoms with Crippen LogP contribution in [0.4, 0.5) is 10.1 Å². The van der Waals surface area contributed by atoms with Gasteiger partial charge in [0.05, 0.1) is 21.0 Å². The van der Waals surface area contributed by atoms with Crippen LogP contribution in [0.5, 0.6) is 11.5 Å². The molecule has 21 heavy (non-hydrogen) atoms. The fourth-order valence-corrected chi connectivity index (χ4v) is 2.36. The van der Waals surface area contributed by atoms with Crippen LogP contribution in [0, 0.1) is 27.3 Å². The van der Waals surface area contributed by atoms with Gasteiger partial charge >= 0.3 is 5.69 Å². The van der Waals surface area contributed by atoms with Gasteiger partial charge in [0, 0.05) is 16.6 Å². The summed E-state index contributed by atoms with van der Waals surface area (Å²) < 4.78 is 19.4. The van der Waals surface area contributed by atoms with Gasteiger partial charge in [0.2, 0.25) is 5.75 Å². The van der Waals surface area contributed by atoms with Crippen molar-refractivity contribution >= 4 is 37.5 Å². The molecule has 0 amide bonds. The molecule has 0 aromatic heterocycles. The summed E-state index contributed by atoms with van der Waals surface area (Å²) in [5.74, 6) is -0.750. The lowest BCUT2D eigenvalue weighted by Crippen LogP contribution is -1.95. The van der Waals surface area contributed by atoms with Crippen molar-refractivity contribution in [2.45, 2.75) is 0 Å². The van der Waals surface area contributed by atoms with Gasteiger partial charge in [0.25, 0.3) is 0 Å². The van der Waals surface area contributed by atoms with E-state index >= 15 is 0 Å². The summed E-state index contributed by atoms with van der Waals surface area (Å²) in [4.78, 5) is 10.3. The first kappa shape index (κ1) is 15.4. The third-order valence-electron chi connectivity index (χ3n) is 2.43. The maximum Gasteiger partial charge on any atom is 0.312 e. The van der Waals surface area contributed by atoms with Gasteiger partial charge in [0.1, 0.15) is 11.6 Å². The molecule has 0 fully saturated rings. The van der Waals surface area contributed by atoms with Crippen molar-refractivity contribution < 1.29 is 14.1 Å². The van der Waals surface area contributed by atoms with E-state index in [1.807, 2.05) is 6.07 Å². The molecule has 2 aromatic rings. The summed E-state index contributed by atoms with van der Waals surface area (Å²) in [7, 11) is 0. The molecule has 106 valence electrons. The van der Waals surface area contributed by atoms with Crippen molar-refractivity contribution in [1.82, 2.24) is 0 Å². The lowest BCUT2D eigenvalue weighted by molar-refractivity contribution is -0.385. The Balaban J connectivity index is 2.49. The molecule has 8 heteroatoms. The lowest BCUT2D eigenvalue weighted by atomic mass is 10.2. The van der Waals surface area contributed by atoms with E-state index < -0.39 is 10.7 Å². The van der Waals surface area contributed by atoms with E-state index in [-0.39, 0.29) is 21.7 Å². The number of nitro benzene ring substituents is 1. The van der Waals surface area contributed by atoms with Crippen molar-refractivity contribution in [3.8, 4) is 17.6 Å². The first-order valence-corrected chi connectivity index (χ1v) is 7.01. The van der Waals surface area contributed by atoms with Crippen molar-refractivity contribution in [1.29, 1.82) is 5.26 Å². The van der Waals surface area contributed by atoms with Gasteiger partial charge in [-0.3, -0.25) is 10.1 Å². The number of nitrogens with zero attached hydrogens (tertiary/aromatic N) is 2. The minimum Gasteiger partial charge on any atom is -0.450 e. The first-order chi connectivity index (χ1) is 9.90. The van der Waals surface area contributed by atoms with Gasteiger partial charge in [-0.05, 0) is 34.1 Å². The van der Waals surface area contributed by atoms with E-state index in [9.17, 15) is 14.5 Å². The van der Waals surface area contributed by atoms with E-state index in [4.69, 9.17) is 10.00 Å². The molecule has 0 radical (unpaired) electrons. The molecule has 0 N–H and O–H groups in total. The zero-order valence-electron chi connectivity index (χ0n) is 10.1. The first-order valence-electron chi connectivity index (χ1n) is 5.42. The molecule has 0 bridgehead atoms. The second-order valence-corrected chi connectivity index (χ2v) is 5.65. The van der Waals surface area contributed by atoms with Gasteiger partial charge in [-0.15, -0.1) is 0 Å². The number of nitro groups is 1. The highest BCUT2D eigenvalue weighted by Gasteiger charge is 2.20. The molecule has 0 aliphatic heterocycles. The van der Waals surface area contributed by atoms with Crippen LogP contribution in [-0.2, 0) is 0 Å². The third-order valence-corrected chi connectivity index (χ3v) is 3.49. The molecule has 0 saturated heterocycles. The van der Waals surface area contributed by atoms with Crippen LogP contribution >= 0.6 is 31.9 Å². The number of benzene rings is 2. The Morgan fingerprint density at radius 2 is 1.95 bits per heavy atom. The van der Waals surface area contributed by atoms with Gasteiger partial charge in [-0.2, -0.15) is 5.26 Å². The van der Waals surface area contributed by atoms with E-state index in [0.29, 0.717) is 10.0 Å². The molecular weight excluding hydrogens is 411 g/mol. The highest BCUT2D eigenvalue weighted by molar-refractivity contribution is 9.10. The number of ether oxygens (including phenoxy) is 1. The van der Waals surface area contributed by atoms with Crippen LogP contribution in [0.25, 0.3) is 0 Å². The van der Waals surface area contributed by atoms with Crippen LogP contribution in [-0.4, -0.2) is 4.92 Å². The average molecular weight is 416 g/mol. The molecule has 0 heterocycles. The second-order valence-electron chi connectivity index (χ2n) is 3.88. The largest absolute Gasteiger partial charge is 0.450 e. The predicted molar refractivity (Wildman–Crippen MR) is 79.7 cm³/mol. The maximum atomic E-state index is 13.5. The molecule has 2 rings (SSSR count). The van der Waals surface area contributed by atoms with E-state index in [0.717, 1.165) is 12.1 Å². The molecule has 2 aromatic carbocycles. The second kappa shape index (κ2) is 6.20. The number of hydrogen-bond acceptors (Lipinski definition) is 4. The summed E-state index contributed by atoms with van der Waals surface area (Å²) >= 11 is 6.08. The van der Waals surface area contributed by atoms with Crippen molar-refractivity contribution in [3.63, 3.8) is 0 Å². The molecule has 0 spiro atoms. The van der Waals surface area contributed by atoms with Crippen LogP contribution in [0.1, 0.15) is 5.56 Å². The summed E-state index contributed by atoms with van der Waals surface area (Å²) in [6, 6.07) is 8.33. The molecule has 0 aliphatic rings. The van der Waals surface area contributed by atoms with Crippen molar-refractivity contribution in [2.75, 3.05) is 0 Å². The van der Waals surface area contributed by atoms with Crippen LogP contribution in [0.3, 0.4) is 0 Å². The molecule has 0 atom stereocenters. The Kier molecular flexibility index (Phi) is 4.55. The van der Waals surface area contributed by atoms with E-state index in [1.165, 1.54) is 12.1 Å². The Morgan fingerprint density at radius 3 is 2.57 bits per heavy atom. The normalized spacial score (nSPS) is 10.0. The minimum absolute atomic E-state index is 0.0338. The maximum absolute atomic E-state index is 13.5. The smallest absolute Gasteiger partial charge is 0.312 e. The summed E-state index contributed by atoms with van der Waals surface area (Å²) in [5.41, 5.74) is -0.0821. The zero-order chi connectivity index (χ0) is 15.6. The quantitative estimate of drug-likeness (QED) is 0.526. The average Bonchev–Trinajstić information content (AvgIpc) is 2.41. The number of nitriles is 1. The van der Waals surface area contributed by atoms with Crippen LogP contribution < -0.4 is 4.74 Å². The number of halogens is 3. The Bertz CT molecular complexity index is 775. The fraction of sp³-hybridized carbons (Fsp3) is 0. The van der Waals surface area contributed by atoms with Crippen molar-refractivity contribution in [2.24, 2.45) is 0 Å². The topological polar surface area (TPSA) is 76.2 Å². The highest BCUT2D eigenvalue weighted by Crippen LogP contribution is 2.36. The Labute approximate surface area is 135 Å². The third kappa shape index (κ3) is 3.56. The molecule has 0 saturated carbocycles. The fourth-order valence-electron chi connectivity index (χ4n) is 1.56. The van der Waals surface area contributed by atoms with Gasteiger partial charge in [-0.25, -0.2) is 4.39 Å². The van der Waals surface area contributed by atoms with Crippen molar-refractivity contribution in [3.05, 3.63) is 60.8 Å². The standard InChI is InChI=1S/C13H5Br2FN2O3/c14-8-1-7(6-17)2-9(3-8)21-13-5-11(16)10(15)4-12(13)18(19)20/h1-5H. The molecular formula is C13H5Br2FN2O3. The molecule has 0 aliphatic carbocycles. The van der Waals surface area contributed by atoms with Gasteiger partial charge in [-0.1, -0.05) is 15.9 Å². The van der Waals surface area contributed by atoms with Gasteiger partial charge in [0.15, 0.2) is 0 Å². The monoisotopic (exact) mass is 414 g/mol. The summed E-state index contributed by atoms with van der Waals surface area (Å²) in [5, 5.41) is 19.9. The van der Waals surface area contributed by atoms with Gasteiger partial charge < -0.3 is 4.74 Å². The Morgan fingerprint density at radius 1 is 1.24 bits per heavy atom. The lowest BCUT2D eigenvalue weighted by Gasteiger charge is -2.08. The SMILES string of the molecule is N#Cc1cc(Br)cc(Oc2cc(F)c(Br)cc2[N+](=O)[O-])c1. The van der Waals surface area contributed by atoms with E-state index in [1.54, 1.807) is 6.07 Å². The number of hydrogen-bond donors (Lipinski definition) is 0. The summed E-state index contributed by atoms with van der Waals surface area (Å²) in [6.45, 7) is 0. The minimum atomic E-state index is -0.689. The van der Waals surface area contributed by atoms with Crippen LogP contribution in [0.2, 0.25) is 0 Å². The zero-order valence-corrected chi connectivity index (χ0v) is 13.3. The molecule has 0 unspecified atom stereocenters. The summed E-state index contributed by atoms with van der Waals surface area (Å²) in [6.07, 6.45) is 0. The highest BCUT2D eigenvalue weighted by atomic mass is 79.9. The predicted octanol–water partition coefficient (Wildman–Crippen LogP) is 4.92. The Hall–Kier alpha value is -1.98.